The molecule has 2 heteroatoms. The highest BCUT2D eigenvalue weighted by Gasteiger charge is 2.09. The van der Waals surface area contributed by atoms with E-state index in [0.29, 0.717) is 0 Å². The van der Waals surface area contributed by atoms with Crippen molar-refractivity contribution in [1.29, 1.82) is 0 Å². The van der Waals surface area contributed by atoms with Crippen LogP contribution < -0.4 is 5.32 Å². The summed E-state index contributed by atoms with van der Waals surface area (Å²) in [5.41, 5.74) is 2.28. The molecule has 0 atom stereocenters. The van der Waals surface area contributed by atoms with Gasteiger partial charge in [0.2, 0.25) is 0 Å². The zero-order chi connectivity index (χ0) is 18.5. The van der Waals surface area contributed by atoms with Crippen LogP contribution in [0.1, 0.15) is 0 Å². The average molecular weight is 375 g/mol. The van der Waals surface area contributed by atoms with Gasteiger partial charge in [0.1, 0.15) is 0 Å². The van der Waals surface area contributed by atoms with Crippen LogP contribution in [-0.2, 0) is 0 Å². The van der Waals surface area contributed by atoms with Crippen LogP contribution in [0.2, 0.25) is 0 Å². The molecule has 28 heavy (non-hydrogen) atoms. The van der Waals surface area contributed by atoms with E-state index < -0.39 is 0 Å². The largest absolute Gasteiger partial charge is 0.354 e. The molecule has 0 aliphatic rings. The van der Waals surface area contributed by atoms with Crippen LogP contribution in [-0.4, -0.2) is 0 Å². The molecule has 6 rings (SSSR count). The predicted octanol–water partition coefficient (Wildman–Crippen LogP) is 8.10. The predicted molar refractivity (Wildman–Crippen MR) is 124 cm³/mol. The van der Waals surface area contributed by atoms with Crippen molar-refractivity contribution in [3.8, 4) is 0 Å². The molecule has 0 aliphatic carbocycles. The Hall–Kier alpha value is -3.36. The molecular formula is C26H17NS. The zero-order valence-electron chi connectivity index (χ0n) is 15.1. The maximum absolute atomic E-state index is 3.66. The van der Waals surface area contributed by atoms with Gasteiger partial charge in [-0.3, -0.25) is 0 Å². The van der Waals surface area contributed by atoms with Gasteiger partial charge in [-0.2, -0.15) is 0 Å². The van der Waals surface area contributed by atoms with E-state index in [9.17, 15) is 0 Å². The fourth-order valence-electron chi connectivity index (χ4n) is 4.09. The van der Waals surface area contributed by atoms with Gasteiger partial charge in [0.25, 0.3) is 0 Å². The van der Waals surface area contributed by atoms with Crippen molar-refractivity contribution in [3.05, 3.63) is 97.1 Å². The first-order valence-corrected chi connectivity index (χ1v) is 10.3. The number of anilines is 2. The maximum atomic E-state index is 3.66. The van der Waals surface area contributed by atoms with Crippen LogP contribution in [0.25, 0.3) is 41.7 Å². The first kappa shape index (κ1) is 15.7. The number of hydrogen-bond acceptors (Lipinski definition) is 2. The topological polar surface area (TPSA) is 12.0 Å². The molecule has 1 heterocycles. The lowest BCUT2D eigenvalue weighted by Crippen LogP contribution is -1.90. The van der Waals surface area contributed by atoms with E-state index in [2.05, 4.69) is 102 Å². The Morgan fingerprint density at radius 3 is 2.25 bits per heavy atom. The summed E-state index contributed by atoms with van der Waals surface area (Å²) in [6, 6.07) is 34.8. The normalized spacial score (nSPS) is 11.6. The van der Waals surface area contributed by atoms with Crippen LogP contribution >= 0.6 is 11.3 Å². The summed E-state index contributed by atoms with van der Waals surface area (Å²) in [5, 5.41) is 11.4. The lowest BCUT2D eigenvalue weighted by Gasteiger charge is -2.10. The molecule has 6 aromatic rings. The van der Waals surface area contributed by atoms with E-state index in [1.54, 1.807) is 0 Å². The standard InChI is InChI=1S/C26H17NS/c1-2-7-20-17(6-1)12-13-18-16-19(14-15-21(18)20)27-24-10-5-9-23-22-8-3-4-11-25(22)28-26(23)24/h1-16,27H. The second-order valence-electron chi connectivity index (χ2n) is 7.13. The maximum Gasteiger partial charge on any atom is 0.0590 e. The Balaban J connectivity index is 1.49. The second-order valence-corrected chi connectivity index (χ2v) is 8.18. The fourth-order valence-corrected chi connectivity index (χ4v) is 5.26. The van der Waals surface area contributed by atoms with Gasteiger partial charge in [0, 0.05) is 21.2 Å². The van der Waals surface area contributed by atoms with E-state index in [0.717, 1.165) is 5.69 Å². The number of hydrogen-bond donors (Lipinski definition) is 1. The summed E-state index contributed by atoms with van der Waals surface area (Å²) in [7, 11) is 0. The first-order chi connectivity index (χ1) is 13.9. The van der Waals surface area contributed by atoms with Crippen molar-refractivity contribution in [1.82, 2.24) is 0 Å². The summed E-state index contributed by atoms with van der Waals surface area (Å²) in [4.78, 5) is 0. The van der Waals surface area contributed by atoms with Gasteiger partial charge in [-0.1, -0.05) is 72.8 Å². The highest BCUT2D eigenvalue weighted by Crippen LogP contribution is 2.39. The fraction of sp³-hybridized carbons (Fsp3) is 0. The molecule has 1 aromatic heterocycles. The number of rotatable bonds is 2. The highest BCUT2D eigenvalue weighted by atomic mass is 32.1. The molecule has 0 radical (unpaired) electrons. The van der Waals surface area contributed by atoms with Gasteiger partial charge in [-0.15, -0.1) is 11.3 Å². The number of thiophene rings is 1. The SMILES string of the molecule is c1ccc2c(c1)ccc1cc(Nc3cccc4c3sc3ccccc34)ccc12. The number of nitrogens with one attached hydrogen (secondary N) is 1. The lowest BCUT2D eigenvalue weighted by atomic mass is 10.0. The summed E-state index contributed by atoms with van der Waals surface area (Å²) in [6.45, 7) is 0. The molecule has 1 N–H and O–H groups in total. The average Bonchev–Trinajstić information content (AvgIpc) is 3.13. The van der Waals surface area contributed by atoms with Crippen LogP contribution in [0.5, 0.6) is 0 Å². The molecule has 0 bridgehead atoms. The Morgan fingerprint density at radius 2 is 1.29 bits per heavy atom. The third-order valence-electron chi connectivity index (χ3n) is 5.43. The second kappa shape index (κ2) is 6.08. The van der Waals surface area contributed by atoms with Gasteiger partial charge in [-0.25, -0.2) is 0 Å². The van der Waals surface area contributed by atoms with Crippen molar-refractivity contribution >= 4 is 64.4 Å². The quantitative estimate of drug-likeness (QED) is 0.301. The molecule has 0 fully saturated rings. The van der Waals surface area contributed by atoms with E-state index in [1.165, 1.54) is 47.4 Å². The van der Waals surface area contributed by atoms with E-state index in [-0.39, 0.29) is 0 Å². The van der Waals surface area contributed by atoms with Gasteiger partial charge < -0.3 is 5.32 Å². The van der Waals surface area contributed by atoms with Crippen LogP contribution in [0.3, 0.4) is 0 Å². The van der Waals surface area contributed by atoms with Crippen molar-refractivity contribution in [2.24, 2.45) is 0 Å². The minimum Gasteiger partial charge on any atom is -0.354 e. The van der Waals surface area contributed by atoms with Crippen molar-refractivity contribution in [3.63, 3.8) is 0 Å². The summed E-state index contributed by atoms with van der Waals surface area (Å²) in [5.74, 6) is 0. The molecule has 5 aromatic carbocycles. The summed E-state index contributed by atoms with van der Waals surface area (Å²) < 4.78 is 2.64. The first-order valence-electron chi connectivity index (χ1n) is 9.46. The van der Waals surface area contributed by atoms with Gasteiger partial charge in [-0.05, 0) is 45.8 Å². The van der Waals surface area contributed by atoms with Crippen molar-refractivity contribution < 1.29 is 0 Å². The molecule has 0 spiro atoms. The van der Waals surface area contributed by atoms with Crippen molar-refractivity contribution in [2.45, 2.75) is 0 Å². The minimum atomic E-state index is 1.12. The zero-order valence-corrected chi connectivity index (χ0v) is 16.0. The van der Waals surface area contributed by atoms with Crippen LogP contribution in [0, 0.1) is 0 Å². The molecule has 0 aliphatic heterocycles. The number of benzene rings is 5. The number of fused-ring (bicyclic) bond motifs is 6. The van der Waals surface area contributed by atoms with Gasteiger partial charge in [0.15, 0.2) is 0 Å². The third-order valence-corrected chi connectivity index (χ3v) is 6.65. The molecule has 0 saturated carbocycles. The Labute approximate surface area is 166 Å². The summed E-state index contributed by atoms with van der Waals surface area (Å²) >= 11 is 1.85. The molecule has 0 saturated heterocycles. The van der Waals surface area contributed by atoms with Gasteiger partial charge >= 0.3 is 0 Å². The van der Waals surface area contributed by atoms with Crippen LogP contribution in [0.15, 0.2) is 97.1 Å². The Morgan fingerprint density at radius 1 is 0.536 bits per heavy atom. The van der Waals surface area contributed by atoms with Crippen molar-refractivity contribution in [2.75, 3.05) is 5.32 Å². The Kier molecular flexibility index (Phi) is 3.40. The third kappa shape index (κ3) is 2.39. The lowest BCUT2D eigenvalue weighted by molar-refractivity contribution is 1.62. The van der Waals surface area contributed by atoms with Gasteiger partial charge in [0.05, 0.1) is 10.4 Å². The van der Waals surface area contributed by atoms with E-state index in [1.807, 2.05) is 11.3 Å². The van der Waals surface area contributed by atoms with Crippen LogP contribution in [0.4, 0.5) is 11.4 Å². The smallest absolute Gasteiger partial charge is 0.0590 e. The molecule has 0 amide bonds. The molecule has 132 valence electrons. The van der Waals surface area contributed by atoms with E-state index >= 15 is 0 Å². The Bertz CT molecular complexity index is 1490. The molecule has 0 unspecified atom stereocenters. The minimum absolute atomic E-state index is 1.12. The molecule has 1 nitrogen and oxygen atoms in total. The highest BCUT2D eigenvalue weighted by molar-refractivity contribution is 7.26. The molecular weight excluding hydrogens is 358 g/mol. The monoisotopic (exact) mass is 375 g/mol. The van der Waals surface area contributed by atoms with E-state index in [4.69, 9.17) is 0 Å². The summed E-state index contributed by atoms with van der Waals surface area (Å²) in [6.07, 6.45) is 0.